The smallest absolute Gasteiger partial charge is 0.462 e. The third-order valence-electron chi connectivity index (χ3n) is 13.3. The Morgan fingerprint density at radius 2 is 0.696 bits per heavy atom. The third kappa shape index (κ3) is 63.5. The molecule has 0 bridgehead atoms. The molecule has 0 amide bonds. The predicted molar refractivity (Wildman–Crippen MR) is 339 cm³/mol. The van der Waals surface area contributed by atoms with Crippen molar-refractivity contribution in [2.75, 3.05) is 26.4 Å². The normalized spacial score (nSPS) is 13.8. The van der Waals surface area contributed by atoms with Crippen LogP contribution in [0.2, 0.25) is 0 Å². The number of hydrogen-bond donors (Lipinski definition) is 2. The number of nitrogens with two attached hydrogens (primary N) is 1. The highest BCUT2D eigenvalue weighted by Crippen LogP contribution is 2.43. The minimum atomic E-state index is -4.41. The van der Waals surface area contributed by atoms with E-state index < -0.39 is 32.5 Å². The topological polar surface area (TPSA) is 134 Å². The summed E-state index contributed by atoms with van der Waals surface area (Å²) in [7, 11) is -4.41. The molecule has 79 heavy (non-hydrogen) atoms. The van der Waals surface area contributed by atoms with Crippen LogP contribution in [0.25, 0.3) is 0 Å². The van der Waals surface area contributed by atoms with E-state index in [1.165, 1.54) is 141 Å². The summed E-state index contributed by atoms with van der Waals surface area (Å²) in [5, 5.41) is 0. The van der Waals surface area contributed by atoms with E-state index in [0.29, 0.717) is 6.42 Å². The molecular weight excluding hydrogens is 1000 g/mol. The van der Waals surface area contributed by atoms with Gasteiger partial charge in [-0.2, -0.15) is 0 Å². The summed E-state index contributed by atoms with van der Waals surface area (Å²) in [6, 6.07) is 0. The van der Waals surface area contributed by atoms with Crippen molar-refractivity contribution in [1.29, 1.82) is 0 Å². The quantitative estimate of drug-likeness (QED) is 0.0264. The van der Waals surface area contributed by atoms with Crippen LogP contribution in [0, 0.1) is 0 Å². The number of unbranched alkanes of at least 4 members (excludes halogenated alkanes) is 26. The van der Waals surface area contributed by atoms with Gasteiger partial charge in [-0.15, -0.1) is 0 Å². The molecule has 452 valence electrons. The molecule has 0 aromatic carbocycles. The molecular formula is C69H118NO8P. The number of phosphoric ester groups is 1. The molecule has 2 atom stereocenters. The van der Waals surface area contributed by atoms with Crippen molar-refractivity contribution < 1.29 is 37.6 Å². The van der Waals surface area contributed by atoms with E-state index in [4.69, 9.17) is 24.3 Å². The fourth-order valence-electron chi connectivity index (χ4n) is 8.62. The largest absolute Gasteiger partial charge is 0.472 e. The van der Waals surface area contributed by atoms with Gasteiger partial charge in [-0.05, 0) is 109 Å². The zero-order chi connectivity index (χ0) is 57.3. The van der Waals surface area contributed by atoms with E-state index >= 15 is 0 Å². The Kier molecular flexibility index (Phi) is 60.7. The summed E-state index contributed by atoms with van der Waals surface area (Å²) >= 11 is 0. The van der Waals surface area contributed by atoms with Gasteiger partial charge < -0.3 is 20.1 Å². The lowest BCUT2D eigenvalue weighted by atomic mass is 10.0. The van der Waals surface area contributed by atoms with Crippen molar-refractivity contribution >= 4 is 19.8 Å². The first-order valence-corrected chi connectivity index (χ1v) is 33.5. The summed E-state index contributed by atoms with van der Waals surface area (Å²) in [6.07, 6.45) is 88.4. The van der Waals surface area contributed by atoms with E-state index in [0.717, 1.165) is 96.3 Å². The Morgan fingerprint density at radius 1 is 0.392 bits per heavy atom. The number of ether oxygens (including phenoxy) is 2. The average molecular weight is 1120 g/mol. The zero-order valence-electron chi connectivity index (χ0n) is 50.6. The molecule has 0 saturated carbocycles. The molecule has 2 unspecified atom stereocenters. The second-order valence-corrected chi connectivity index (χ2v) is 22.3. The monoisotopic (exact) mass is 1120 g/mol. The van der Waals surface area contributed by atoms with Crippen molar-refractivity contribution in [2.45, 2.75) is 277 Å². The number of esters is 2. The molecule has 0 aromatic heterocycles. The average Bonchev–Trinajstić information content (AvgIpc) is 3.44. The van der Waals surface area contributed by atoms with E-state index in [9.17, 15) is 19.0 Å². The Labute approximate surface area is 485 Å². The molecule has 10 heteroatoms. The highest BCUT2D eigenvalue weighted by molar-refractivity contribution is 7.47. The van der Waals surface area contributed by atoms with Gasteiger partial charge in [-0.1, -0.05) is 270 Å². The summed E-state index contributed by atoms with van der Waals surface area (Å²) in [6.45, 7) is 3.60. The SMILES string of the molecule is CC/C=C\C/C=C\C/C=C\C/C=C\C/C=C\C/C=C\C/C=C\C/C=C\C/C=C\CCCCCC(=O)OC(COC(=O)CCCCCCCCCCCCCCCCC/C=C\CCCCCCCCCC)COP(=O)(O)OCCN. The van der Waals surface area contributed by atoms with Crippen LogP contribution in [-0.4, -0.2) is 49.3 Å². The number of phosphoric acid groups is 1. The van der Waals surface area contributed by atoms with Crippen LogP contribution in [0.5, 0.6) is 0 Å². The van der Waals surface area contributed by atoms with Gasteiger partial charge in [0.2, 0.25) is 0 Å². The first-order valence-electron chi connectivity index (χ1n) is 32.0. The molecule has 0 aromatic rings. The van der Waals surface area contributed by atoms with Crippen LogP contribution in [-0.2, 0) is 32.7 Å². The van der Waals surface area contributed by atoms with Gasteiger partial charge in [0.05, 0.1) is 13.2 Å². The maximum Gasteiger partial charge on any atom is 0.472 e. The number of allylic oxidation sites excluding steroid dienone is 20. The van der Waals surface area contributed by atoms with E-state index in [1.54, 1.807) is 0 Å². The molecule has 3 N–H and O–H groups in total. The van der Waals surface area contributed by atoms with Crippen LogP contribution in [0.1, 0.15) is 271 Å². The molecule has 0 rings (SSSR count). The van der Waals surface area contributed by atoms with Gasteiger partial charge in [-0.25, -0.2) is 4.57 Å². The van der Waals surface area contributed by atoms with Crippen LogP contribution < -0.4 is 5.73 Å². The lowest BCUT2D eigenvalue weighted by molar-refractivity contribution is -0.161. The predicted octanol–water partition coefficient (Wildman–Crippen LogP) is 20.7. The highest BCUT2D eigenvalue weighted by atomic mass is 31.2. The van der Waals surface area contributed by atoms with E-state index in [2.05, 4.69) is 135 Å². The van der Waals surface area contributed by atoms with Crippen LogP contribution >= 0.6 is 7.82 Å². The minimum absolute atomic E-state index is 0.0420. The number of rotatable bonds is 59. The molecule has 0 aliphatic heterocycles. The first-order chi connectivity index (χ1) is 38.8. The fourth-order valence-corrected chi connectivity index (χ4v) is 9.39. The van der Waals surface area contributed by atoms with Gasteiger partial charge in [-0.3, -0.25) is 18.6 Å². The maximum absolute atomic E-state index is 12.7. The Bertz CT molecular complexity index is 1710. The summed E-state index contributed by atoms with van der Waals surface area (Å²) < 4.78 is 33.1. The van der Waals surface area contributed by atoms with Crippen molar-refractivity contribution in [1.82, 2.24) is 0 Å². The lowest BCUT2D eigenvalue weighted by Gasteiger charge is -2.19. The summed E-state index contributed by atoms with van der Waals surface area (Å²) in [5.74, 6) is -0.867. The second kappa shape index (κ2) is 63.6. The molecule has 0 heterocycles. The number of carbonyl (C=O) groups is 2. The van der Waals surface area contributed by atoms with Crippen molar-refractivity contribution in [2.24, 2.45) is 5.73 Å². The number of carbonyl (C=O) groups excluding carboxylic acids is 2. The molecule has 0 aliphatic carbocycles. The molecule has 0 aliphatic rings. The molecule has 0 spiro atoms. The molecule has 9 nitrogen and oxygen atoms in total. The van der Waals surface area contributed by atoms with Crippen LogP contribution in [0.3, 0.4) is 0 Å². The van der Waals surface area contributed by atoms with E-state index in [-0.39, 0.29) is 32.6 Å². The molecule has 0 saturated heterocycles. The minimum Gasteiger partial charge on any atom is -0.462 e. The van der Waals surface area contributed by atoms with Crippen LogP contribution in [0.4, 0.5) is 0 Å². The Morgan fingerprint density at radius 3 is 1.06 bits per heavy atom. The lowest BCUT2D eigenvalue weighted by Crippen LogP contribution is -2.29. The molecule has 0 fully saturated rings. The summed E-state index contributed by atoms with van der Waals surface area (Å²) in [4.78, 5) is 35.3. The zero-order valence-corrected chi connectivity index (χ0v) is 51.5. The van der Waals surface area contributed by atoms with Crippen LogP contribution in [0.15, 0.2) is 122 Å². The van der Waals surface area contributed by atoms with Gasteiger partial charge >= 0.3 is 19.8 Å². The van der Waals surface area contributed by atoms with E-state index in [1.807, 2.05) is 0 Å². The molecule has 0 radical (unpaired) electrons. The van der Waals surface area contributed by atoms with Crippen molar-refractivity contribution in [3.05, 3.63) is 122 Å². The fraction of sp³-hybridized carbons (Fsp3) is 0.681. The van der Waals surface area contributed by atoms with Gasteiger partial charge in [0.1, 0.15) is 6.61 Å². The second-order valence-electron chi connectivity index (χ2n) is 20.9. The summed E-state index contributed by atoms with van der Waals surface area (Å²) in [5.41, 5.74) is 5.39. The van der Waals surface area contributed by atoms with Gasteiger partial charge in [0.25, 0.3) is 0 Å². The Hall–Kier alpha value is -3.59. The van der Waals surface area contributed by atoms with Gasteiger partial charge in [0, 0.05) is 19.4 Å². The number of hydrogen-bond acceptors (Lipinski definition) is 8. The Balaban J connectivity index is 4.04. The third-order valence-corrected chi connectivity index (χ3v) is 14.3. The maximum atomic E-state index is 12.7. The van der Waals surface area contributed by atoms with Gasteiger partial charge in [0.15, 0.2) is 6.10 Å². The van der Waals surface area contributed by atoms with Crippen molar-refractivity contribution in [3.63, 3.8) is 0 Å². The first kappa shape index (κ1) is 75.4. The highest BCUT2D eigenvalue weighted by Gasteiger charge is 2.26. The standard InChI is InChI=1S/C69H118NO8P/c1-3-5-7-9-11-13-15-17-19-21-23-25-27-29-31-32-33-34-36-38-40-42-44-46-48-50-52-54-56-58-60-62-69(72)78-67(66-77-79(73,74)76-64-63-70)65-75-68(71)61-59-57-55-53-51-49-47-45-43-41-39-37-35-30-28-26-24-22-20-18-16-14-12-10-8-6-4-2/h5,7,11,13,17,19,22-25,29,31,33-34,38,40,44,46,50,52,67H,3-4,6,8-10,12,14-16,18,20-21,26-28,30,32,35-37,39,41-43,45,47-49,51,53-66,70H2,1-2H3,(H,73,74)/b7-5-,13-11-,19-17-,24-22-,25-23-,31-29-,34-33-,40-38-,46-44-,52-50-. The van der Waals surface area contributed by atoms with Crippen molar-refractivity contribution in [3.8, 4) is 0 Å².